The Morgan fingerprint density at radius 3 is 2.70 bits per heavy atom. The number of hydrogen-bond donors (Lipinski definition) is 1. The van der Waals surface area contributed by atoms with Crippen LogP contribution in [0.15, 0.2) is 31.1 Å². The molecule has 3 heterocycles. The van der Waals surface area contributed by atoms with Gasteiger partial charge >= 0.3 is 0 Å². The van der Waals surface area contributed by atoms with Crippen LogP contribution < -0.4 is 5.32 Å². The van der Waals surface area contributed by atoms with Crippen LogP contribution in [0.25, 0.3) is 0 Å². The van der Waals surface area contributed by atoms with Gasteiger partial charge < -0.3 is 5.32 Å². The second-order valence-electron chi connectivity index (χ2n) is 6.17. The minimum Gasteiger partial charge on any atom is -0.372 e. The van der Waals surface area contributed by atoms with Gasteiger partial charge in [-0.1, -0.05) is 0 Å². The summed E-state index contributed by atoms with van der Waals surface area (Å²) in [5.41, 5.74) is 2.29. The Morgan fingerprint density at radius 1 is 1.09 bits per heavy atom. The van der Waals surface area contributed by atoms with Crippen LogP contribution in [0, 0.1) is 5.92 Å². The van der Waals surface area contributed by atoms with Gasteiger partial charge in [-0.15, -0.1) is 0 Å². The summed E-state index contributed by atoms with van der Waals surface area (Å²) in [6.07, 6.45) is 13.9. The third-order valence-corrected chi connectivity index (χ3v) is 4.42. The summed E-state index contributed by atoms with van der Waals surface area (Å²) < 4.78 is 0. The average Bonchev–Trinajstić information content (AvgIpc) is 2.82. The first-order chi connectivity index (χ1) is 11.3. The predicted octanol–water partition coefficient (Wildman–Crippen LogP) is 2.15. The third kappa shape index (κ3) is 4.69. The van der Waals surface area contributed by atoms with Crippen molar-refractivity contribution >= 4 is 5.82 Å². The van der Waals surface area contributed by atoms with Crippen LogP contribution in [0.3, 0.4) is 0 Å². The molecule has 1 N–H and O–H groups in total. The molecule has 122 valence electrons. The molecule has 1 fully saturated rings. The summed E-state index contributed by atoms with van der Waals surface area (Å²) >= 11 is 0. The molecule has 23 heavy (non-hydrogen) atoms. The van der Waals surface area contributed by atoms with Crippen molar-refractivity contribution in [3.8, 4) is 0 Å². The molecular weight excluding hydrogens is 288 g/mol. The number of rotatable bonds is 5. The topological polar surface area (TPSA) is 66.8 Å². The molecule has 2 aromatic rings. The average molecular weight is 312 g/mol. The molecule has 1 aliphatic heterocycles. The number of likely N-dealkylation sites (tertiary alicyclic amines) is 1. The minimum absolute atomic E-state index is 0.696. The van der Waals surface area contributed by atoms with Gasteiger partial charge in [0, 0.05) is 31.5 Å². The molecule has 0 unspecified atom stereocenters. The molecule has 1 atom stereocenters. The van der Waals surface area contributed by atoms with E-state index in [-0.39, 0.29) is 0 Å². The lowest BCUT2D eigenvalue weighted by molar-refractivity contribution is 0.271. The molecule has 0 saturated carbocycles. The van der Waals surface area contributed by atoms with Gasteiger partial charge in [0.2, 0.25) is 0 Å². The van der Waals surface area contributed by atoms with E-state index in [9.17, 15) is 0 Å². The largest absolute Gasteiger partial charge is 0.372 e. The van der Waals surface area contributed by atoms with E-state index in [0.29, 0.717) is 5.92 Å². The quantitative estimate of drug-likeness (QED) is 0.912. The lowest BCUT2D eigenvalue weighted by Crippen LogP contribution is -2.24. The molecule has 6 nitrogen and oxygen atoms in total. The lowest BCUT2D eigenvalue weighted by atomic mass is 9.95. The zero-order valence-electron chi connectivity index (χ0n) is 13.6. The monoisotopic (exact) mass is 312 g/mol. The predicted molar refractivity (Wildman–Crippen MR) is 89.9 cm³/mol. The number of aromatic nitrogens is 4. The Kier molecular flexibility index (Phi) is 5.47. The summed E-state index contributed by atoms with van der Waals surface area (Å²) in [6, 6.07) is 0. The van der Waals surface area contributed by atoms with E-state index < -0.39 is 0 Å². The van der Waals surface area contributed by atoms with Gasteiger partial charge in [0.1, 0.15) is 12.1 Å². The molecule has 1 saturated heterocycles. The van der Waals surface area contributed by atoms with Crippen molar-refractivity contribution in [1.82, 2.24) is 24.8 Å². The maximum atomic E-state index is 4.51. The second-order valence-corrected chi connectivity index (χ2v) is 6.17. The Balaban J connectivity index is 1.51. The standard InChI is InChI=1S/C17H24N6/c1-18-17-11-21-16(10-22-17)7-14-3-2-5-23(6-4-14)12-15-8-19-13-20-9-15/h8-11,13-14H,2-7,12H2,1H3,(H,18,22)/t14-/m0/s1. The zero-order valence-corrected chi connectivity index (χ0v) is 13.6. The highest BCUT2D eigenvalue weighted by molar-refractivity contribution is 5.29. The summed E-state index contributed by atoms with van der Waals surface area (Å²) in [7, 11) is 1.86. The Morgan fingerprint density at radius 2 is 1.96 bits per heavy atom. The highest BCUT2D eigenvalue weighted by Crippen LogP contribution is 2.22. The van der Waals surface area contributed by atoms with Gasteiger partial charge in [-0.2, -0.15) is 0 Å². The van der Waals surface area contributed by atoms with Crippen molar-refractivity contribution in [2.75, 3.05) is 25.5 Å². The SMILES string of the molecule is CNc1cnc(C[C@H]2CCCN(Cc3cncnc3)CC2)cn1. The first-order valence-corrected chi connectivity index (χ1v) is 8.28. The van der Waals surface area contributed by atoms with E-state index >= 15 is 0 Å². The van der Waals surface area contributed by atoms with Gasteiger partial charge in [-0.25, -0.2) is 15.0 Å². The fourth-order valence-corrected chi connectivity index (χ4v) is 3.14. The van der Waals surface area contributed by atoms with Crippen molar-refractivity contribution in [3.05, 3.63) is 42.4 Å². The van der Waals surface area contributed by atoms with Gasteiger partial charge in [-0.05, 0) is 44.7 Å². The molecule has 2 aromatic heterocycles. The maximum absolute atomic E-state index is 4.51. The first kappa shape index (κ1) is 15.8. The fraction of sp³-hybridized carbons (Fsp3) is 0.529. The van der Waals surface area contributed by atoms with Gasteiger partial charge in [-0.3, -0.25) is 9.88 Å². The van der Waals surface area contributed by atoms with Crippen LogP contribution in [0.2, 0.25) is 0 Å². The van der Waals surface area contributed by atoms with Crippen molar-refractivity contribution in [2.24, 2.45) is 5.92 Å². The highest BCUT2D eigenvalue weighted by atomic mass is 15.1. The molecular formula is C17H24N6. The van der Waals surface area contributed by atoms with E-state index in [4.69, 9.17) is 0 Å². The number of anilines is 1. The molecule has 3 rings (SSSR count). The zero-order chi connectivity index (χ0) is 15.9. The molecule has 0 bridgehead atoms. The van der Waals surface area contributed by atoms with Crippen LogP contribution in [0.5, 0.6) is 0 Å². The summed E-state index contributed by atoms with van der Waals surface area (Å²) in [4.78, 5) is 19.6. The maximum Gasteiger partial charge on any atom is 0.144 e. The van der Waals surface area contributed by atoms with E-state index in [1.54, 1.807) is 6.33 Å². The molecule has 6 heteroatoms. The Bertz CT molecular complexity index is 586. The van der Waals surface area contributed by atoms with E-state index in [1.807, 2.05) is 31.8 Å². The van der Waals surface area contributed by atoms with Gasteiger partial charge in [0.05, 0.1) is 18.1 Å². The van der Waals surface area contributed by atoms with Crippen LogP contribution >= 0.6 is 0 Å². The third-order valence-electron chi connectivity index (χ3n) is 4.42. The summed E-state index contributed by atoms with van der Waals surface area (Å²) in [5.74, 6) is 1.52. The fourth-order valence-electron chi connectivity index (χ4n) is 3.14. The van der Waals surface area contributed by atoms with Crippen LogP contribution in [-0.2, 0) is 13.0 Å². The highest BCUT2D eigenvalue weighted by Gasteiger charge is 2.18. The second kappa shape index (κ2) is 7.97. The van der Waals surface area contributed by atoms with Crippen LogP contribution in [-0.4, -0.2) is 45.0 Å². The van der Waals surface area contributed by atoms with E-state index in [0.717, 1.165) is 37.6 Å². The number of nitrogens with zero attached hydrogens (tertiary/aromatic N) is 5. The van der Waals surface area contributed by atoms with Crippen molar-refractivity contribution in [2.45, 2.75) is 32.2 Å². The summed E-state index contributed by atoms with van der Waals surface area (Å²) in [5, 5.41) is 3.01. The molecule has 0 spiro atoms. The first-order valence-electron chi connectivity index (χ1n) is 8.28. The van der Waals surface area contributed by atoms with E-state index in [1.165, 1.54) is 24.8 Å². The van der Waals surface area contributed by atoms with Crippen LogP contribution in [0.1, 0.15) is 30.5 Å². The number of nitrogens with one attached hydrogen (secondary N) is 1. The lowest BCUT2D eigenvalue weighted by Gasteiger charge is -2.19. The Labute approximate surface area is 137 Å². The molecule has 0 amide bonds. The minimum atomic E-state index is 0.696. The normalized spacial score (nSPS) is 19.3. The van der Waals surface area contributed by atoms with Gasteiger partial charge in [0.15, 0.2) is 0 Å². The van der Waals surface area contributed by atoms with Crippen LogP contribution in [0.4, 0.5) is 5.82 Å². The van der Waals surface area contributed by atoms with Crippen molar-refractivity contribution in [3.63, 3.8) is 0 Å². The van der Waals surface area contributed by atoms with Crippen molar-refractivity contribution in [1.29, 1.82) is 0 Å². The number of hydrogen-bond acceptors (Lipinski definition) is 6. The molecule has 0 radical (unpaired) electrons. The van der Waals surface area contributed by atoms with E-state index in [2.05, 4.69) is 30.2 Å². The smallest absolute Gasteiger partial charge is 0.144 e. The molecule has 1 aliphatic rings. The Hall–Kier alpha value is -2.08. The van der Waals surface area contributed by atoms with Gasteiger partial charge in [0.25, 0.3) is 0 Å². The molecule has 0 aromatic carbocycles. The summed E-state index contributed by atoms with van der Waals surface area (Å²) in [6.45, 7) is 3.22. The molecule has 0 aliphatic carbocycles. The van der Waals surface area contributed by atoms with Crippen molar-refractivity contribution < 1.29 is 0 Å².